The van der Waals surface area contributed by atoms with Crippen molar-refractivity contribution >= 4 is 23.4 Å². The summed E-state index contributed by atoms with van der Waals surface area (Å²) in [5.41, 5.74) is 1.60. The van der Waals surface area contributed by atoms with Crippen LogP contribution in [0.3, 0.4) is 0 Å². The number of amides is 1. The molecule has 1 amide bonds. The monoisotopic (exact) mass is 385 g/mol. The van der Waals surface area contributed by atoms with E-state index < -0.39 is 0 Å². The van der Waals surface area contributed by atoms with E-state index in [2.05, 4.69) is 20.4 Å². The van der Waals surface area contributed by atoms with E-state index in [1.54, 1.807) is 49.4 Å². The number of anilines is 1. The third-order valence-corrected chi connectivity index (χ3v) is 4.62. The number of aryl methyl sites for hydroxylation is 1. The molecule has 0 spiro atoms. The second kappa shape index (κ2) is 8.54. The lowest BCUT2D eigenvalue weighted by atomic mass is 10.2. The van der Waals surface area contributed by atoms with Gasteiger partial charge in [-0.1, -0.05) is 11.8 Å². The third-order valence-electron chi connectivity index (χ3n) is 3.69. The Balaban J connectivity index is 1.62. The van der Waals surface area contributed by atoms with Gasteiger partial charge in [-0.3, -0.25) is 4.79 Å². The van der Waals surface area contributed by atoms with Crippen molar-refractivity contribution in [2.75, 3.05) is 25.3 Å². The number of rotatable bonds is 7. The van der Waals surface area contributed by atoms with E-state index in [9.17, 15) is 4.79 Å². The van der Waals surface area contributed by atoms with Crippen molar-refractivity contribution in [2.24, 2.45) is 0 Å². The number of nitrogens with zero attached hydrogens (tertiary/aromatic N) is 4. The van der Waals surface area contributed by atoms with Gasteiger partial charge in [0.05, 0.1) is 20.0 Å². The average Bonchev–Trinajstić information content (AvgIpc) is 3.12. The Labute approximate surface area is 160 Å². The molecule has 0 aliphatic heterocycles. The second-order valence-electron chi connectivity index (χ2n) is 5.51. The van der Waals surface area contributed by atoms with Crippen LogP contribution in [0.2, 0.25) is 0 Å². The molecule has 1 N–H and O–H groups in total. The average molecular weight is 385 g/mol. The number of carbonyl (C=O) groups is 1. The summed E-state index contributed by atoms with van der Waals surface area (Å²) in [4.78, 5) is 20.7. The lowest BCUT2D eigenvalue weighted by Gasteiger charge is -2.10. The van der Waals surface area contributed by atoms with E-state index in [-0.39, 0.29) is 11.7 Å². The van der Waals surface area contributed by atoms with Crippen molar-refractivity contribution in [1.82, 2.24) is 19.7 Å². The van der Waals surface area contributed by atoms with Crippen molar-refractivity contribution in [3.05, 3.63) is 48.5 Å². The SMILES string of the molecule is COc1ccc(NC(=O)CSc2cc(-n3nccc3C)ncn2)cc1OC. The maximum absolute atomic E-state index is 12.2. The lowest BCUT2D eigenvalue weighted by Crippen LogP contribution is -2.14. The topological polar surface area (TPSA) is 91.2 Å². The predicted molar refractivity (Wildman–Crippen MR) is 103 cm³/mol. The molecule has 3 aromatic rings. The van der Waals surface area contributed by atoms with Gasteiger partial charge < -0.3 is 14.8 Å². The molecule has 140 valence electrons. The highest BCUT2D eigenvalue weighted by molar-refractivity contribution is 7.99. The van der Waals surface area contributed by atoms with Crippen molar-refractivity contribution in [3.63, 3.8) is 0 Å². The van der Waals surface area contributed by atoms with E-state index in [0.29, 0.717) is 28.0 Å². The summed E-state index contributed by atoms with van der Waals surface area (Å²) in [6.07, 6.45) is 3.17. The van der Waals surface area contributed by atoms with Gasteiger partial charge in [0.25, 0.3) is 0 Å². The zero-order chi connectivity index (χ0) is 19.2. The molecule has 0 fully saturated rings. The van der Waals surface area contributed by atoms with E-state index in [0.717, 1.165) is 5.69 Å². The van der Waals surface area contributed by atoms with Crippen LogP contribution >= 0.6 is 11.8 Å². The molecule has 0 saturated heterocycles. The Morgan fingerprint density at radius 1 is 1.15 bits per heavy atom. The fourth-order valence-corrected chi connectivity index (χ4v) is 3.05. The van der Waals surface area contributed by atoms with Gasteiger partial charge in [0.2, 0.25) is 5.91 Å². The maximum atomic E-state index is 12.2. The van der Waals surface area contributed by atoms with Gasteiger partial charge in [-0.15, -0.1) is 0 Å². The molecule has 2 heterocycles. The predicted octanol–water partition coefficient (Wildman–Crippen LogP) is 2.72. The van der Waals surface area contributed by atoms with Crippen LogP contribution in [0.25, 0.3) is 5.82 Å². The van der Waals surface area contributed by atoms with Gasteiger partial charge in [0.1, 0.15) is 11.4 Å². The number of methoxy groups -OCH3 is 2. The minimum atomic E-state index is -0.150. The summed E-state index contributed by atoms with van der Waals surface area (Å²) in [6.45, 7) is 1.94. The Bertz CT molecular complexity index is 944. The van der Waals surface area contributed by atoms with Crippen LogP contribution in [0.4, 0.5) is 5.69 Å². The molecule has 0 radical (unpaired) electrons. The minimum absolute atomic E-state index is 0.150. The van der Waals surface area contributed by atoms with Gasteiger partial charge in [-0.25, -0.2) is 14.6 Å². The number of aromatic nitrogens is 4. The molecule has 1 aromatic carbocycles. The maximum Gasteiger partial charge on any atom is 0.234 e. The zero-order valence-corrected chi connectivity index (χ0v) is 16.0. The Morgan fingerprint density at radius 3 is 2.67 bits per heavy atom. The smallest absolute Gasteiger partial charge is 0.234 e. The van der Waals surface area contributed by atoms with Gasteiger partial charge in [-0.05, 0) is 25.1 Å². The number of hydrogen-bond acceptors (Lipinski definition) is 7. The zero-order valence-electron chi connectivity index (χ0n) is 15.2. The Morgan fingerprint density at radius 2 is 1.96 bits per heavy atom. The van der Waals surface area contributed by atoms with Crippen molar-refractivity contribution in [3.8, 4) is 17.3 Å². The molecule has 0 saturated carbocycles. The minimum Gasteiger partial charge on any atom is -0.493 e. The van der Waals surface area contributed by atoms with Crippen LogP contribution < -0.4 is 14.8 Å². The molecule has 0 atom stereocenters. The molecule has 0 unspecified atom stereocenters. The largest absolute Gasteiger partial charge is 0.493 e. The lowest BCUT2D eigenvalue weighted by molar-refractivity contribution is -0.113. The highest BCUT2D eigenvalue weighted by atomic mass is 32.2. The molecular weight excluding hydrogens is 366 g/mol. The Kier molecular flexibility index (Phi) is 5.92. The van der Waals surface area contributed by atoms with Gasteiger partial charge in [0, 0.05) is 29.7 Å². The van der Waals surface area contributed by atoms with E-state index in [4.69, 9.17) is 9.47 Å². The molecule has 8 nitrogen and oxygen atoms in total. The first kappa shape index (κ1) is 18.7. The summed E-state index contributed by atoms with van der Waals surface area (Å²) in [5, 5.41) is 7.75. The molecule has 0 aliphatic rings. The Hall–Kier alpha value is -3.07. The normalized spacial score (nSPS) is 10.5. The van der Waals surface area contributed by atoms with Crippen LogP contribution in [0.5, 0.6) is 11.5 Å². The standard InChI is InChI=1S/C18H19N5O3S/c1-12-6-7-21-23(12)16-9-18(20-11-19-16)27-10-17(24)22-13-4-5-14(25-2)15(8-13)26-3/h4-9,11H,10H2,1-3H3,(H,22,24). The first-order valence-electron chi connectivity index (χ1n) is 8.08. The van der Waals surface area contributed by atoms with Crippen LogP contribution in [0, 0.1) is 6.92 Å². The van der Waals surface area contributed by atoms with E-state index in [1.807, 2.05) is 13.0 Å². The first-order valence-corrected chi connectivity index (χ1v) is 9.07. The third kappa shape index (κ3) is 4.56. The van der Waals surface area contributed by atoms with Crippen LogP contribution in [-0.2, 0) is 4.79 Å². The molecule has 0 aliphatic carbocycles. The molecular formula is C18H19N5O3S. The molecule has 0 bridgehead atoms. The molecule has 9 heteroatoms. The number of hydrogen-bond donors (Lipinski definition) is 1. The van der Waals surface area contributed by atoms with Gasteiger partial charge >= 0.3 is 0 Å². The van der Waals surface area contributed by atoms with E-state index in [1.165, 1.54) is 18.1 Å². The van der Waals surface area contributed by atoms with Crippen molar-refractivity contribution in [2.45, 2.75) is 11.9 Å². The van der Waals surface area contributed by atoms with Crippen LogP contribution in [0.1, 0.15) is 5.69 Å². The summed E-state index contributed by atoms with van der Waals surface area (Å²) in [6, 6.07) is 8.91. The summed E-state index contributed by atoms with van der Waals surface area (Å²) >= 11 is 1.32. The molecule has 27 heavy (non-hydrogen) atoms. The van der Waals surface area contributed by atoms with Gasteiger partial charge in [-0.2, -0.15) is 5.10 Å². The highest BCUT2D eigenvalue weighted by Gasteiger charge is 2.10. The van der Waals surface area contributed by atoms with Crippen LogP contribution in [0.15, 0.2) is 47.9 Å². The number of benzene rings is 1. The second-order valence-corrected chi connectivity index (χ2v) is 6.50. The molecule has 2 aromatic heterocycles. The summed E-state index contributed by atoms with van der Waals surface area (Å²) in [5.74, 6) is 1.88. The highest BCUT2D eigenvalue weighted by Crippen LogP contribution is 2.29. The summed E-state index contributed by atoms with van der Waals surface area (Å²) in [7, 11) is 3.11. The van der Waals surface area contributed by atoms with Crippen LogP contribution in [-0.4, -0.2) is 45.6 Å². The fourth-order valence-electron chi connectivity index (χ4n) is 2.38. The number of nitrogens with one attached hydrogen (secondary N) is 1. The summed E-state index contributed by atoms with van der Waals surface area (Å²) < 4.78 is 12.1. The number of carbonyl (C=O) groups excluding carboxylic acids is 1. The first-order chi connectivity index (χ1) is 13.1. The number of ether oxygens (including phenoxy) is 2. The van der Waals surface area contributed by atoms with Gasteiger partial charge in [0.15, 0.2) is 17.3 Å². The van der Waals surface area contributed by atoms with Crippen molar-refractivity contribution < 1.29 is 14.3 Å². The number of thioether (sulfide) groups is 1. The quantitative estimate of drug-likeness (QED) is 0.494. The van der Waals surface area contributed by atoms with E-state index >= 15 is 0 Å². The fraction of sp³-hybridized carbons (Fsp3) is 0.222. The van der Waals surface area contributed by atoms with Crippen molar-refractivity contribution in [1.29, 1.82) is 0 Å². The molecule has 3 rings (SSSR count).